The summed E-state index contributed by atoms with van der Waals surface area (Å²) in [5, 5.41) is 10.6. The maximum absolute atomic E-state index is 11.9. The normalized spacial score (nSPS) is 10.8. The maximum Gasteiger partial charge on any atom is 0.270 e. The molecule has 0 unspecified atom stereocenters. The number of hydrogen-bond acceptors (Lipinski definition) is 4. The van der Waals surface area contributed by atoms with Crippen molar-refractivity contribution in [3.8, 4) is 0 Å². The second-order valence-electron chi connectivity index (χ2n) is 3.65. The Morgan fingerprint density at radius 1 is 1.32 bits per heavy atom. The minimum Gasteiger partial charge on any atom is -0.289 e. The van der Waals surface area contributed by atoms with Crippen molar-refractivity contribution in [3.63, 3.8) is 0 Å². The third-order valence-electron chi connectivity index (χ3n) is 2.33. The number of ketones is 1. The van der Waals surface area contributed by atoms with Crippen LogP contribution in [0, 0.1) is 10.1 Å². The van der Waals surface area contributed by atoms with E-state index in [0.29, 0.717) is 5.56 Å². The van der Waals surface area contributed by atoms with Gasteiger partial charge in [0, 0.05) is 22.6 Å². The summed E-state index contributed by atoms with van der Waals surface area (Å²) in [5.41, 5.74) is 0.221. The van der Waals surface area contributed by atoms with Gasteiger partial charge in [0.05, 0.1) is 8.71 Å². The van der Waals surface area contributed by atoms with E-state index in [1.54, 1.807) is 12.1 Å². The lowest BCUT2D eigenvalue weighted by molar-refractivity contribution is -0.384. The average Bonchev–Trinajstić information content (AvgIpc) is 2.82. The minimum atomic E-state index is -0.517. The number of nitro groups is 1. The van der Waals surface area contributed by atoms with Gasteiger partial charge in [-0.15, -0.1) is 11.3 Å². The quantitative estimate of drug-likeness (QED) is 0.361. The summed E-state index contributed by atoms with van der Waals surface area (Å²) >= 11 is 4.84. The van der Waals surface area contributed by atoms with Crippen molar-refractivity contribution in [2.45, 2.75) is 0 Å². The molecule has 0 fully saturated rings. The number of carbonyl (C=O) groups is 1. The predicted octanol–water partition coefficient (Wildman–Crippen LogP) is 4.31. The monoisotopic (exact) mass is 337 g/mol. The maximum atomic E-state index is 11.9. The third-order valence-corrected chi connectivity index (χ3v) is 3.92. The molecule has 1 heterocycles. The molecule has 0 saturated heterocycles. The first kappa shape index (κ1) is 13.6. The molecule has 0 saturated carbocycles. The second kappa shape index (κ2) is 5.90. The van der Waals surface area contributed by atoms with E-state index >= 15 is 0 Å². The van der Waals surface area contributed by atoms with Crippen LogP contribution in [0.15, 0.2) is 46.3 Å². The van der Waals surface area contributed by atoms with Gasteiger partial charge >= 0.3 is 0 Å². The molecule has 2 rings (SSSR count). The number of rotatable bonds is 4. The molecule has 0 atom stereocenters. The molecule has 0 amide bonds. The van der Waals surface area contributed by atoms with Crippen LogP contribution in [0.5, 0.6) is 0 Å². The van der Waals surface area contributed by atoms with Crippen molar-refractivity contribution in [3.05, 3.63) is 66.8 Å². The zero-order chi connectivity index (χ0) is 13.8. The number of allylic oxidation sites excluding steroid dienone is 1. The van der Waals surface area contributed by atoms with E-state index < -0.39 is 4.92 Å². The lowest BCUT2D eigenvalue weighted by Crippen LogP contribution is -1.96. The number of halogens is 1. The van der Waals surface area contributed by atoms with Crippen molar-refractivity contribution in [2.75, 3.05) is 0 Å². The molecule has 6 heteroatoms. The number of benzene rings is 1. The topological polar surface area (TPSA) is 60.2 Å². The first-order chi connectivity index (χ1) is 9.06. The molecular formula is C13H8BrNO3S. The summed E-state index contributed by atoms with van der Waals surface area (Å²) in [5.74, 6) is -0.256. The van der Waals surface area contributed by atoms with Crippen LogP contribution in [0.25, 0.3) is 6.08 Å². The standard InChI is InChI=1S/C13H8BrNO3S/c14-13-7-5-11(19-13)4-6-12(16)9-2-1-3-10(8-9)15(17)18/h1-8H/b6-4+. The Bertz CT molecular complexity index is 663. The van der Waals surface area contributed by atoms with Crippen molar-refractivity contribution in [1.29, 1.82) is 0 Å². The fourth-order valence-electron chi connectivity index (χ4n) is 1.44. The summed E-state index contributed by atoms with van der Waals surface area (Å²) in [6.45, 7) is 0. The van der Waals surface area contributed by atoms with E-state index in [1.165, 1.54) is 35.6 Å². The molecule has 0 bridgehead atoms. The highest BCUT2D eigenvalue weighted by Gasteiger charge is 2.09. The number of hydrogen-bond donors (Lipinski definition) is 0. The van der Waals surface area contributed by atoms with Gasteiger partial charge < -0.3 is 0 Å². The van der Waals surface area contributed by atoms with Crippen LogP contribution in [0.1, 0.15) is 15.2 Å². The van der Waals surface area contributed by atoms with Crippen LogP contribution < -0.4 is 0 Å². The predicted molar refractivity (Wildman–Crippen MR) is 78.5 cm³/mol. The Morgan fingerprint density at radius 2 is 2.11 bits per heavy atom. The van der Waals surface area contributed by atoms with Gasteiger partial charge in [0.15, 0.2) is 5.78 Å². The Morgan fingerprint density at radius 3 is 2.74 bits per heavy atom. The van der Waals surface area contributed by atoms with Crippen molar-refractivity contribution < 1.29 is 9.72 Å². The first-order valence-electron chi connectivity index (χ1n) is 5.28. The molecular weight excluding hydrogens is 330 g/mol. The number of non-ortho nitro benzene ring substituents is 1. The molecule has 0 aliphatic heterocycles. The van der Waals surface area contributed by atoms with Crippen LogP contribution in [-0.4, -0.2) is 10.7 Å². The minimum absolute atomic E-state index is 0.0851. The highest BCUT2D eigenvalue weighted by atomic mass is 79.9. The van der Waals surface area contributed by atoms with E-state index in [9.17, 15) is 14.9 Å². The van der Waals surface area contributed by atoms with E-state index in [4.69, 9.17) is 0 Å². The van der Waals surface area contributed by atoms with Crippen molar-refractivity contribution in [1.82, 2.24) is 0 Å². The number of carbonyl (C=O) groups excluding carboxylic acids is 1. The molecule has 1 aromatic heterocycles. The van der Waals surface area contributed by atoms with E-state index in [0.717, 1.165) is 8.66 Å². The van der Waals surface area contributed by atoms with E-state index in [-0.39, 0.29) is 11.5 Å². The SMILES string of the molecule is O=C(/C=C/c1ccc(Br)s1)c1cccc([N+](=O)[O-])c1. The van der Waals surface area contributed by atoms with Crippen LogP contribution in [0.4, 0.5) is 5.69 Å². The Balaban J connectivity index is 2.18. The van der Waals surface area contributed by atoms with Crippen LogP contribution >= 0.6 is 27.3 Å². The molecule has 4 nitrogen and oxygen atoms in total. The largest absolute Gasteiger partial charge is 0.289 e. The number of nitrogens with zero attached hydrogens (tertiary/aromatic N) is 1. The molecule has 0 aliphatic rings. The molecule has 2 aromatic rings. The lowest BCUT2D eigenvalue weighted by Gasteiger charge is -1.95. The molecule has 0 aliphatic carbocycles. The zero-order valence-corrected chi connectivity index (χ0v) is 12.0. The zero-order valence-electron chi connectivity index (χ0n) is 9.58. The highest BCUT2D eigenvalue weighted by Crippen LogP contribution is 2.23. The summed E-state index contributed by atoms with van der Waals surface area (Å²) in [6, 6.07) is 9.47. The second-order valence-corrected chi connectivity index (χ2v) is 6.14. The molecule has 0 radical (unpaired) electrons. The van der Waals surface area contributed by atoms with Gasteiger partial charge in [0.25, 0.3) is 5.69 Å². The van der Waals surface area contributed by atoms with Crippen molar-refractivity contribution in [2.24, 2.45) is 0 Å². The summed E-state index contributed by atoms with van der Waals surface area (Å²) < 4.78 is 0.981. The van der Waals surface area contributed by atoms with Gasteiger partial charge in [-0.3, -0.25) is 14.9 Å². The van der Waals surface area contributed by atoms with Gasteiger partial charge in [0.1, 0.15) is 0 Å². The Kier molecular flexibility index (Phi) is 4.24. The van der Waals surface area contributed by atoms with E-state index in [1.807, 2.05) is 12.1 Å². The average molecular weight is 338 g/mol. The van der Waals surface area contributed by atoms with Gasteiger partial charge in [-0.05, 0) is 40.2 Å². The molecule has 96 valence electrons. The highest BCUT2D eigenvalue weighted by molar-refractivity contribution is 9.11. The van der Waals surface area contributed by atoms with Crippen molar-refractivity contribution >= 4 is 44.8 Å². The number of nitro benzene ring substituents is 1. The smallest absolute Gasteiger partial charge is 0.270 e. The van der Waals surface area contributed by atoms with Crippen LogP contribution in [0.2, 0.25) is 0 Å². The van der Waals surface area contributed by atoms with Gasteiger partial charge in [-0.2, -0.15) is 0 Å². The fourth-order valence-corrected chi connectivity index (χ4v) is 2.77. The molecule has 1 aromatic carbocycles. The van der Waals surface area contributed by atoms with Gasteiger partial charge in [-0.1, -0.05) is 12.1 Å². The van der Waals surface area contributed by atoms with E-state index in [2.05, 4.69) is 15.9 Å². The van der Waals surface area contributed by atoms with Gasteiger partial charge in [-0.25, -0.2) is 0 Å². The van der Waals surface area contributed by atoms with Crippen LogP contribution in [-0.2, 0) is 0 Å². The van der Waals surface area contributed by atoms with Crippen LogP contribution in [0.3, 0.4) is 0 Å². The molecule has 19 heavy (non-hydrogen) atoms. The van der Waals surface area contributed by atoms with Gasteiger partial charge in [0.2, 0.25) is 0 Å². The lowest BCUT2D eigenvalue weighted by atomic mass is 10.1. The number of thiophene rings is 1. The Labute approximate surface area is 121 Å². The summed E-state index contributed by atoms with van der Waals surface area (Å²) in [6.07, 6.45) is 3.11. The summed E-state index contributed by atoms with van der Waals surface area (Å²) in [4.78, 5) is 22.9. The Hall–Kier alpha value is -1.79. The fraction of sp³-hybridized carbons (Fsp3) is 0. The molecule has 0 spiro atoms. The first-order valence-corrected chi connectivity index (χ1v) is 6.89. The summed E-state index contributed by atoms with van der Waals surface area (Å²) in [7, 11) is 0. The molecule has 0 N–H and O–H groups in total. The third kappa shape index (κ3) is 3.59.